The van der Waals surface area contributed by atoms with Crippen molar-refractivity contribution >= 4 is 11.9 Å². The van der Waals surface area contributed by atoms with Gasteiger partial charge in [-0.05, 0) is 24.7 Å². The number of carboxylic acid groups (broad SMARTS) is 1. The highest BCUT2D eigenvalue weighted by Crippen LogP contribution is 2.30. The van der Waals surface area contributed by atoms with Gasteiger partial charge in [0.05, 0.1) is 0 Å². The molecule has 1 aliphatic carbocycles. The van der Waals surface area contributed by atoms with E-state index in [1.54, 1.807) is 0 Å². The molecule has 0 spiro atoms. The summed E-state index contributed by atoms with van der Waals surface area (Å²) < 4.78 is 0. The summed E-state index contributed by atoms with van der Waals surface area (Å²) in [6.45, 7) is 4.29. The highest BCUT2D eigenvalue weighted by molar-refractivity contribution is 5.94. The summed E-state index contributed by atoms with van der Waals surface area (Å²) in [6, 6.07) is 0.186. The van der Waals surface area contributed by atoms with E-state index in [4.69, 9.17) is 5.11 Å². The Morgan fingerprint density at radius 2 is 1.93 bits per heavy atom. The fourth-order valence-corrected chi connectivity index (χ4v) is 1.95. The van der Waals surface area contributed by atoms with E-state index in [9.17, 15) is 9.59 Å². The van der Waals surface area contributed by atoms with Crippen molar-refractivity contribution in [3.8, 4) is 0 Å². The van der Waals surface area contributed by atoms with Crippen molar-refractivity contribution in [2.45, 2.75) is 32.7 Å². The van der Waals surface area contributed by atoms with Crippen LogP contribution in [0.2, 0.25) is 0 Å². The number of aliphatic carboxylic acids is 1. The van der Waals surface area contributed by atoms with Gasteiger partial charge in [-0.2, -0.15) is 0 Å². The van der Waals surface area contributed by atoms with E-state index in [0.717, 1.165) is 25.0 Å². The van der Waals surface area contributed by atoms with Crippen LogP contribution < -0.4 is 5.32 Å². The Hall–Kier alpha value is -1.32. The van der Waals surface area contributed by atoms with Gasteiger partial charge in [-0.1, -0.05) is 13.8 Å². The molecule has 4 heteroatoms. The summed E-state index contributed by atoms with van der Waals surface area (Å²) in [5.74, 6) is -0.327. The van der Waals surface area contributed by atoms with Crippen molar-refractivity contribution in [2.24, 2.45) is 11.8 Å². The van der Waals surface area contributed by atoms with Gasteiger partial charge in [0.25, 0.3) is 0 Å². The molecular formula is C11H17NO3. The van der Waals surface area contributed by atoms with Crippen molar-refractivity contribution in [3.63, 3.8) is 0 Å². The zero-order chi connectivity index (χ0) is 11.4. The molecule has 0 aliphatic heterocycles. The highest BCUT2D eigenvalue weighted by atomic mass is 16.4. The third-order valence-corrected chi connectivity index (χ3v) is 3.17. The zero-order valence-corrected chi connectivity index (χ0v) is 9.06. The topological polar surface area (TPSA) is 66.4 Å². The van der Waals surface area contributed by atoms with Crippen molar-refractivity contribution in [2.75, 3.05) is 0 Å². The van der Waals surface area contributed by atoms with Crippen LogP contribution in [-0.2, 0) is 9.59 Å². The Labute approximate surface area is 89.4 Å². The van der Waals surface area contributed by atoms with Gasteiger partial charge in [-0.25, -0.2) is 4.79 Å². The van der Waals surface area contributed by atoms with Crippen LogP contribution in [0, 0.1) is 11.8 Å². The summed E-state index contributed by atoms with van der Waals surface area (Å²) in [7, 11) is 0. The second kappa shape index (κ2) is 4.96. The zero-order valence-electron chi connectivity index (χ0n) is 9.06. The lowest BCUT2D eigenvalue weighted by atomic mass is 9.98. The molecule has 1 amide bonds. The van der Waals surface area contributed by atoms with Crippen molar-refractivity contribution in [1.82, 2.24) is 5.32 Å². The molecule has 1 fully saturated rings. The minimum atomic E-state index is -1.10. The summed E-state index contributed by atoms with van der Waals surface area (Å²) in [5, 5.41) is 11.2. The average Bonchev–Trinajstić information content (AvgIpc) is 2.47. The molecule has 15 heavy (non-hydrogen) atoms. The molecule has 84 valence electrons. The molecule has 1 saturated carbocycles. The van der Waals surface area contributed by atoms with Crippen molar-refractivity contribution in [1.29, 1.82) is 0 Å². The van der Waals surface area contributed by atoms with Crippen LogP contribution in [0.4, 0.5) is 0 Å². The fraction of sp³-hybridized carbons (Fsp3) is 0.636. The Morgan fingerprint density at radius 3 is 2.40 bits per heavy atom. The van der Waals surface area contributed by atoms with Gasteiger partial charge in [-0.15, -0.1) is 0 Å². The lowest BCUT2D eigenvalue weighted by Gasteiger charge is -2.18. The van der Waals surface area contributed by atoms with Gasteiger partial charge >= 0.3 is 5.97 Å². The SMILES string of the molecule is CC1CCC(NC(=O)C=CC(=O)O)C1C. The molecule has 4 nitrogen and oxygen atoms in total. The first-order valence-electron chi connectivity index (χ1n) is 5.22. The first-order chi connectivity index (χ1) is 7.00. The first-order valence-corrected chi connectivity index (χ1v) is 5.22. The van der Waals surface area contributed by atoms with Crippen LogP contribution in [0.15, 0.2) is 12.2 Å². The molecule has 0 radical (unpaired) electrons. The molecule has 3 atom stereocenters. The highest BCUT2D eigenvalue weighted by Gasteiger charge is 2.30. The lowest BCUT2D eigenvalue weighted by molar-refractivity contribution is -0.131. The van der Waals surface area contributed by atoms with Crippen LogP contribution in [0.5, 0.6) is 0 Å². The molecule has 0 saturated heterocycles. The molecule has 1 rings (SSSR count). The third kappa shape index (κ3) is 3.38. The van der Waals surface area contributed by atoms with Crippen molar-refractivity contribution in [3.05, 3.63) is 12.2 Å². The standard InChI is InChI=1S/C11H17NO3/c1-7-3-4-9(8(7)2)12-10(13)5-6-11(14)15/h5-9H,3-4H2,1-2H3,(H,12,13)(H,14,15). The molecule has 0 heterocycles. The summed E-state index contributed by atoms with van der Waals surface area (Å²) in [5.41, 5.74) is 0. The number of nitrogens with one attached hydrogen (secondary N) is 1. The predicted molar refractivity (Wildman–Crippen MR) is 56.3 cm³/mol. The number of hydrogen-bond donors (Lipinski definition) is 2. The molecular weight excluding hydrogens is 194 g/mol. The maximum atomic E-state index is 11.3. The lowest BCUT2D eigenvalue weighted by Crippen LogP contribution is -2.36. The molecule has 1 aliphatic rings. The Morgan fingerprint density at radius 1 is 1.27 bits per heavy atom. The quantitative estimate of drug-likeness (QED) is 0.689. The summed E-state index contributed by atoms with van der Waals surface area (Å²) >= 11 is 0. The monoisotopic (exact) mass is 211 g/mol. The second-order valence-electron chi connectivity index (χ2n) is 4.20. The number of rotatable bonds is 3. The second-order valence-corrected chi connectivity index (χ2v) is 4.20. The van der Waals surface area contributed by atoms with E-state index < -0.39 is 5.97 Å². The van der Waals surface area contributed by atoms with E-state index in [-0.39, 0.29) is 11.9 Å². The van der Waals surface area contributed by atoms with Crippen LogP contribution in [-0.4, -0.2) is 23.0 Å². The van der Waals surface area contributed by atoms with Crippen molar-refractivity contribution < 1.29 is 14.7 Å². The Kier molecular flexibility index (Phi) is 3.88. The fourth-order valence-electron chi connectivity index (χ4n) is 1.95. The largest absolute Gasteiger partial charge is 0.478 e. The van der Waals surface area contributed by atoms with E-state index in [2.05, 4.69) is 19.2 Å². The number of carbonyl (C=O) groups excluding carboxylic acids is 1. The van der Waals surface area contributed by atoms with Crippen LogP contribution in [0.3, 0.4) is 0 Å². The minimum absolute atomic E-state index is 0.186. The van der Waals surface area contributed by atoms with E-state index >= 15 is 0 Å². The maximum Gasteiger partial charge on any atom is 0.328 e. The van der Waals surface area contributed by atoms with Gasteiger partial charge < -0.3 is 10.4 Å². The smallest absolute Gasteiger partial charge is 0.328 e. The normalized spacial score (nSPS) is 30.7. The third-order valence-electron chi connectivity index (χ3n) is 3.17. The molecule has 0 aromatic heterocycles. The molecule has 0 bridgehead atoms. The Bertz CT molecular complexity index is 286. The number of amides is 1. The molecule has 3 unspecified atom stereocenters. The summed E-state index contributed by atoms with van der Waals surface area (Å²) in [6.07, 6.45) is 4.03. The average molecular weight is 211 g/mol. The van der Waals surface area contributed by atoms with E-state index in [0.29, 0.717) is 11.8 Å². The number of carboxylic acids is 1. The van der Waals surface area contributed by atoms with Crippen LogP contribution in [0.1, 0.15) is 26.7 Å². The first kappa shape index (κ1) is 11.8. The Balaban J connectivity index is 2.42. The molecule has 2 N–H and O–H groups in total. The van der Waals surface area contributed by atoms with E-state index in [1.165, 1.54) is 0 Å². The van der Waals surface area contributed by atoms with Gasteiger partial charge in [0.15, 0.2) is 0 Å². The van der Waals surface area contributed by atoms with Crippen LogP contribution >= 0.6 is 0 Å². The summed E-state index contributed by atoms with van der Waals surface area (Å²) in [4.78, 5) is 21.5. The van der Waals surface area contributed by atoms with Gasteiger partial charge in [0, 0.05) is 18.2 Å². The van der Waals surface area contributed by atoms with Gasteiger partial charge in [0.2, 0.25) is 5.91 Å². The van der Waals surface area contributed by atoms with Gasteiger partial charge in [-0.3, -0.25) is 4.79 Å². The minimum Gasteiger partial charge on any atom is -0.478 e. The van der Waals surface area contributed by atoms with Crippen LogP contribution in [0.25, 0.3) is 0 Å². The predicted octanol–water partition coefficient (Wildman–Crippen LogP) is 1.18. The number of hydrogen-bond acceptors (Lipinski definition) is 2. The maximum absolute atomic E-state index is 11.3. The molecule has 0 aromatic rings. The van der Waals surface area contributed by atoms with E-state index in [1.807, 2.05) is 0 Å². The number of carbonyl (C=O) groups is 2. The molecule has 0 aromatic carbocycles. The van der Waals surface area contributed by atoms with Gasteiger partial charge in [0.1, 0.15) is 0 Å².